The van der Waals surface area contributed by atoms with Gasteiger partial charge in [-0.2, -0.15) is 0 Å². The monoisotopic (exact) mass is 218 g/mol. The largest absolute Gasteiger partial charge is 0.295 e. The van der Waals surface area contributed by atoms with Crippen LogP contribution in [0.3, 0.4) is 0 Å². The van der Waals surface area contributed by atoms with Crippen LogP contribution < -0.4 is 0 Å². The topological polar surface area (TPSA) is 16.1 Å². The van der Waals surface area contributed by atoms with Crippen molar-refractivity contribution >= 4 is 22.9 Å². The maximum atomic E-state index is 5.73. The number of nitrogens with zero attached hydrogens (tertiary/aromatic N) is 2. The van der Waals surface area contributed by atoms with E-state index < -0.39 is 0 Å². The molecule has 1 aromatic rings. The van der Waals surface area contributed by atoms with Crippen LogP contribution in [0.5, 0.6) is 0 Å². The molecule has 1 heterocycles. The van der Waals surface area contributed by atoms with Crippen LogP contribution in [0.2, 0.25) is 0 Å². The minimum Gasteiger partial charge on any atom is -0.295 e. The van der Waals surface area contributed by atoms with E-state index in [0.29, 0.717) is 11.9 Å². The van der Waals surface area contributed by atoms with E-state index in [1.807, 2.05) is 11.7 Å². The van der Waals surface area contributed by atoms with Crippen LogP contribution in [-0.4, -0.2) is 28.4 Å². The Hall–Kier alpha value is -0.120. The summed E-state index contributed by atoms with van der Waals surface area (Å²) in [6, 6.07) is 0.542. The zero-order valence-corrected chi connectivity index (χ0v) is 9.61. The van der Waals surface area contributed by atoms with Gasteiger partial charge in [-0.3, -0.25) is 9.88 Å². The average Bonchev–Trinajstić information content (AvgIpc) is 2.56. The fourth-order valence-corrected chi connectivity index (χ4v) is 1.99. The molecule has 13 heavy (non-hydrogen) atoms. The van der Waals surface area contributed by atoms with E-state index in [4.69, 9.17) is 11.6 Å². The molecule has 0 radical (unpaired) electrons. The van der Waals surface area contributed by atoms with Crippen LogP contribution in [-0.2, 0) is 6.54 Å². The predicted octanol–water partition coefficient (Wildman–Crippen LogP) is 2.59. The standard InChI is InChI=1S/C9H15ClN2S/c1-8(2)12(4-3-10)6-9-5-11-7-13-9/h5,7-8H,3-4,6H2,1-2H3. The fraction of sp³-hybridized carbons (Fsp3) is 0.667. The van der Waals surface area contributed by atoms with Crippen LogP contribution in [0.1, 0.15) is 18.7 Å². The highest BCUT2D eigenvalue weighted by atomic mass is 35.5. The second-order valence-electron chi connectivity index (χ2n) is 3.22. The molecule has 0 amide bonds. The van der Waals surface area contributed by atoms with Crippen molar-refractivity contribution in [2.24, 2.45) is 0 Å². The number of aromatic nitrogens is 1. The number of hydrogen-bond donors (Lipinski definition) is 0. The smallest absolute Gasteiger partial charge is 0.0794 e. The lowest BCUT2D eigenvalue weighted by atomic mass is 10.3. The van der Waals surface area contributed by atoms with Gasteiger partial charge in [0.05, 0.1) is 5.51 Å². The molecule has 0 bridgehead atoms. The van der Waals surface area contributed by atoms with Crippen LogP contribution in [0, 0.1) is 0 Å². The number of halogens is 1. The summed E-state index contributed by atoms with van der Waals surface area (Å²) in [7, 11) is 0. The lowest BCUT2D eigenvalue weighted by Gasteiger charge is -2.24. The molecule has 0 spiro atoms. The lowest BCUT2D eigenvalue weighted by molar-refractivity contribution is 0.228. The Kier molecular flexibility index (Phi) is 4.70. The van der Waals surface area contributed by atoms with Crippen LogP contribution >= 0.6 is 22.9 Å². The maximum Gasteiger partial charge on any atom is 0.0794 e. The number of alkyl halides is 1. The van der Waals surface area contributed by atoms with Crippen molar-refractivity contribution in [3.8, 4) is 0 Å². The third-order valence-electron chi connectivity index (χ3n) is 1.94. The van der Waals surface area contributed by atoms with Gasteiger partial charge in [-0.15, -0.1) is 22.9 Å². The molecule has 2 nitrogen and oxygen atoms in total. The van der Waals surface area contributed by atoms with E-state index in [1.54, 1.807) is 11.3 Å². The van der Waals surface area contributed by atoms with Crippen molar-refractivity contribution in [3.05, 3.63) is 16.6 Å². The Balaban J connectivity index is 2.47. The van der Waals surface area contributed by atoms with Crippen molar-refractivity contribution in [2.45, 2.75) is 26.4 Å². The SMILES string of the molecule is CC(C)N(CCCl)Cc1cncs1. The van der Waals surface area contributed by atoms with Gasteiger partial charge in [-0.1, -0.05) is 0 Å². The highest BCUT2D eigenvalue weighted by Crippen LogP contribution is 2.11. The van der Waals surface area contributed by atoms with Gasteiger partial charge < -0.3 is 0 Å². The predicted molar refractivity (Wildman–Crippen MR) is 58.4 cm³/mol. The molecule has 4 heteroatoms. The van der Waals surface area contributed by atoms with E-state index in [0.717, 1.165) is 13.1 Å². The molecule has 0 N–H and O–H groups in total. The summed E-state index contributed by atoms with van der Waals surface area (Å²) in [6.45, 7) is 6.29. The molecule has 1 rings (SSSR count). The molecule has 0 aliphatic rings. The molecule has 0 saturated heterocycles. The van der Waals surface area contributed by atoms with Gasteiger partial charge in [-0.05, 0) is 13.8 Å². The van der Waals surface area contributed by atoms with Crippen LogP contribution in [0.4, 0.5) is 0 Å². The highest BCUT2D eigenvalue weighted by molar-refractivity contribution is 7.09. The quantitative estimate of drug-likeness (QED) is 0.707. The highest BCUT2D eigenvalue weighted by Gasteiger charge is 2.09. The van der Waals surface area contributed by atoms with E-state index in [1.165, 1.54) is 4.88 Å². The van der Waals surface area contributed by atoms with Crippen LogP contribution in [0.25, 0.3) is 0 Å². The first-order valence-corrected chi connectivity index (χ1v) is 5.83. The van der Waals surface area contributed by atoms with Gasteiger partial charge in [0.1, 0.15) is 0 Å². The molecule has 0 unspecified atom stereocenters. The zero-order chi connectivity index (χ0) is 9.68. The summed E-state index contributed by atoms with van der Waals surface area (Å²) in [5.41, 5.74) is 1.87. The molecule has 0 aliphatic carbocycles. The molecule has 0 atom stereocenters. The second kappa shape index (κ2) is 5.58. The minimum absolute atomic E-state index is 0.542. The summed E-state index contributed by atoms with van der Waals surface area (Å²) in [5.74, 6) is 0.691. The van der Waals surface area contributed by atoms with E-state index in [9.17, 15) is 0 Å². The van der Waals surface area contributed by atoms with Gasteiger partial charge in [-0.25, -0.2) is 0 Å². The summed E-state index contributed by atoms with van der Waals surface area (Å²) in [4.78, 5) is 7.71. The second-order valence-corrected chi connectivity index (χ2v) is 4.57. The average molecular weight is 219 g/mol. The van der Waals surface area contributed by atoms with Crippen LogP contribution in [0.15, 0.2) is 11.7 Å². The molecule has 74 valence electrons. The number of thiazole rings is 1. The summed E-state index contributed by atoms with van der Waals surface area (Å²) >= 11 is 7.43. The fourth-order valence-electron chi connectivity index (χ4n) is 1.15. The Morgan fingerprint density at radius 1 is 1.62 bits per heavy atom. The van der Waals surface area contributed by atoms with Gasteiger partial charge >= 0.3 is 0 Å². The van der Waals surface area contributed by atoms with E-state index in [2.05, 4.69) is 23.7 Å². The molecular formula is C9H15ClN2S. The minimum atomic E-state index is 0.542. The molecule has 0 aromatic carbocycles. The Bertz CT molecular complexity index is 224. The van der Waals surface area contributed by atoms with Crippen molar-refractivity contribution in [3.63, 3.8) is 0 Å². The summed E-state index contributed by atoms with van der Waals surface area (Å²) in [6.07, 6.45) is 1.92. The van der Waals surface area contributed by atoms with Crippen molar-refractivity contribution in [2.75, 3.05) is 12.4 Å². The van der Waals surface area contributed by atoms with Gasteiger partial charge in [0.15, 0.2) is 0 Å². The van der Waals surface area contributed by atoms with Gasteiger partial charge in [0, 0.05) is 36.1 Å². The summed E-state index contributed by atoms with van der Waals surface area (Å²) in [5, 5.41) is 0. The van der Waals surface area contributed by atoms with Gasteiger partial charge in [0.25, 0.3) is 0 Å². The maximum absolute atomic E-state index is 5.73. The van der Waals surface area contributed by atoms with Crippen molar-refractivity contribution in [1.82, 2.24) is 9.88 Å². The first-order valence-electron chi connectivity index (χ1n) is 4.41. The normalized spacial score (nSPS) is 11.5. The first-order chi connectivity index (χ1) is 6.24. The van der Waals surface area contributed by atoms with E-state index in [-0.39, 0.29) is 0 Å². The number of hydrogen-bond acceptors (Lipinski definition) is 3. The molecule has 0 aliphatic heterocycles. The number of rotatable bonds is 5. The Morgan fingerprint density at radius 3 is 2.85 bits per heavy atom. The summed E-state index contributed by atoms with van der Waals surface area (Å²) < 4.78 is 0. The third kappa shape index (κ3) is 3.63. The zero-order valence-electron chi connectivity index (χ0n) is 8.03. The lowest BCUT2D eigenvalue weighted by Crippen LogP contribution is -2.31. The molecule has 0 saturated carbocycles. The third-order valence-corrected chi connectivity index (χ3v) is 2.88. The van der Waals surface area contributed by atoms with Gasteiger partial charge in [0.2, 0.25) is 0 Å². The van der Waals surface area contributed by atoms with Crippen molar-refractivity contribution in [1.29, 1.82) is 0 Å². The first kappa shape index (κ1) is 11.0. The van der Waals surface area contributed by atoms with Crippen molar-refractivity contribution < 1.29 is 0 Å². The molecule has 0 fully saturated rings. The van der Waals surface area contributed by atoms with E-state index >= 15 is 0 Å². The molecule has 1 aromatic heterocycles. The Labute approximate surface area is 88.5 Å². The Morgan fingerprint density at radius 2 is 2.38 bits per heavy atom. The molecular weight excluding hydrogens is 204 g/mol.